The molecule has 1 heterocycles. The van der Waals surface area contributed by atoms with Crippen LogP contribution in [-0.2, 0) is 16.1 Å². The summed E-state index contributed by atoms with van der Waals surface area (Å²) >= 11 is 0. The van der Waals surface area contributed by atoms with Gasteiger partial charge < -0.3 is 9.84 Å². The predicted octanol–water partition coefficient (Wildman–Crippen LogP) is -0.193. The van der Waals surface area contributed by atoms with Gasteiger partial charge in [0, 0.05) is 12.4 Å². The van der Waals surface area contributed by atoms with Crippen molar-refractivity contribution in [2.45, 2.75) is 19.6 Å². The third kappa shape index (κ3) is 2.87. The lowest BCUT2D eigenvalue weighted by Crippen LogP contribution is -2.28. The van der Waals surface area contributed by atoms with E-state index in [1.54, 1.807) is 25.4 Å². The van der Waals surface area contributed by atoms with E-state index in [2.05, 4.69) is 9.84 Å². The second-order valence-electron chi connectivity index (χ2n) is 2.50. The van der Waals surface area contributed by atoms with Gasteiger partial charge in [-0.1, -0.05) is 0 Å². The van der Waals surface area contributed by atoms with Gasteiger partial charge in [-0.25, -0.2) is 4.79 Å². The summed E-state index contributed by atoms with van der Waals surface area (Å²) in [7, 11) is 0. The Bertz CT molecular complexity index is 258. The van der Waals surface area contributed by atoms with E-state index in [0.29, 0.717) is 0 Å². The number of rotatable bonds is 4. The summed E-state index contributed by atoms with van der Waals surface area (Å²) in [5, 5.41) is 13.1. The molecule has 1 rings (SSSR count). The molecule has 1 atom stereocenters. The van der Waals surface area contributed by atoms with Gasteiger partial charge in [0.2, 0.25) is 0 Å². The Balaban J connectivity index is 2.41. The minimum Gasteiger partial charge on any atom is -0.464 e. The summed E-state index contributed by atoms with van der Waals surface area (Å²) in [4.78, 5) is 11.0. The maximum Gasteiger partial charge on any atom is 0.336 e. The van der Waals surface area contributed by atoms with E-state index in [4.69, 9.17) is 0 Å². The average Bonchev–Trinajstić information content (AvgIpc) is 2.57. The highest BCUT2D eigenvalue weighted by Crippen LogP contribution is 1.94. The van der Waals surface area contributed by atoms with Gasteiger partial charge in [-0.05, 0) is 13.0 Å². The third-order valence-electron chi connectivity index (χ3n) is 1.48. The molecule has 0 aliphatic rings. The van der Waals surface area contributed by atoms with Crippen molar-refractivity contribution in [2.75, 3.05) is 6.61 Å². The van der Waals surface area contributed by atoms with Gasteiger partial charge in [0.25, 0.3) is 0 Å². The molecule has 0 amide bonds. The molecule has 0 fully saturated rings. The number of carbonyl (C=O) groups is 1. The van der Waals surface area contributed by atoms with Crippen LogP contribution in [-0.4, -0.2) is 33.6 Å². The third-order valence-corrected chi connectivity index (χ3v) is 1.48. The topological polar surface area (TPSA) is 64.3 Å². The molecule has 1 N–H and O–H groups in total. The molecule has 1 unspecified atom stereocenters. The zero-order valence-corrected chi connectivity index (χ0v) is 7.38. The SMILES string of the molecule is CCOC(=O)C(O)Cn1cccn1. The van der Waals surface area contributed by atoms with E-state index in [0.717, 1.165) is 0 Å². The zero-order valence-electron chi connectivity index (χ0n) is 7.38. The van der Waals surface area contributed by atoms with Crippen molar-refractivity contribution in [1.82, 2.24) is 9.78 Å². The predicted molar refractivity (Wildman–Crippen MR) is 44.9 cm³/mol. The molecule has 1 aromatic rings. The molecule has 0 bridgehead atoms. The number of aromatic nitrogens is 2. The van der Waals surface area contributed by atoms with Crippen LogP contribution in [0.5, 0.6) is 0 Å². The van der Waals surface area contributed by atoms with Crippen LogP contribution in [0.3, 0.4) is 0 Å². The Morgan fingerprint density at radius 1 is 1.77 bits per heavy atom. The fourth-order valence-corrected chi connectivity index (χ4v) is 0.899. The lowest BCUT2D eigenvalue weighted by molar-refractivity contribution is -0.153. The van der Waals surface area contributed by atoms with Crippen molar-refractivity contribution >= 4 is 5.97 Å². The van der Waals surface area contributed by atoms with Crippen LogP contribution < -0.4 is 0 Å². The molecule has 0 spiro atoms. The highest BCUT2D eigenvalue weighted by molar-refractivity contribution is 5.74. The average molecular weight is 184 g/mol. The van der Waals surface area contributed by atoms with Gasteiger partial charge >= 0.3 is 5.97 Å². The van der Waals surface area contributed by atoms with Crippen LogP contribution in [0.4, 0.5) is 0 Å². The van der Waals surface area contributed by atoms with Crippen molar-refractivity contribution in [1.29, 1.82) is 0 Å². The molecule has 13 heavy (non-hydrogen) atoms. The molecule has 5 heteroatoms. The van der Waals surface area contributed by atoms with Gasteiger partial charge in [0.1, 0.15) is 0 Å². The molecule has 0 saturated carbocycles. The van der Waals surface area contributed by atoms with Crippen LogP contribution in [0.1, 0.15) is 6.92 Å². The van der Waals surface area contributed by atoms with Crippen LogP contribution in [0.2, 0.25) is 0 Å². The number of esters is 1. The summed E-state index contributed by atoms with van der Waals surface area (Å²) in [6, 6.07) is 1.72. The van der Waals surface area contributed by atoms with Crippen LogP contribution >= 0.6 is 0 Å². The van der Waals surface area contributed by atoms with Gasteiger partial charge in [-0.3, -0.25) is 4.68 Å². The maximum absolute atomic E-state index is 11.0. The van der Waals surface area contributed by atoms with E-state index in [-0.39, 0.29) is 13.2 Å². The number of aliphatic hydroxyl groups is 1. The first-order valence-corrected chi connectivity index (χ1v) is 4.06. The Kier molecular flexibility index (Phi) is 3.45. The van der Waals surface area contributed by atoms with Crippen molar-refractivity contribution < 1.29 is 14.6 Å². The molecule has 0 aliphatic carbocycles. The Hall–Kier alpha value is -1.36. The molecular formula is C8H12N2O3. The summed E-state index contributed by atoms with van der Waals surface area (Å²) in [5.41, 5.74) is 0. The van der Waals surface area contributed by atoms with Gasteiger partial charge in [0.05, 0.1) is 13.2 Å². The molecular weight excluding hydrogens is 172 g/mol. The number of nitrogens with zero attached hydrogens (tertiary/aromatic N) is 2. The summed E-state index contributed by atoms with van der Waals surface area (Å²) < 4.78 is 6.10. The fourth-order valence-electron chi connectivity index (χ4n) is 0.899. The zero-order chi connectivity index (χ0) is 9.68. The monoisotopic (exact) mass is 184 g/mol. The van der Waals surface area contributed by atoms with E-state index in [1.807, 2.05) is 0 Å². The lowest BCUT2D eigenvalue weighted by atomic mass is 10.3. The number of hydrogen-bond donors (Lipinski definition) is 1. The highest BCUT2D eigenvalue weighted by Gasteiger charge is 2.16. The number of hydrogen-bond acceptors (Lipinski definition) is 4. The second kappa shape index (κ2) is 4.61. The molecule has 0 radical (unpaired) electrons. The van der Waals surface area contributed by atoms with Gasteiger partial charge in [0.15, 0.2) is 6.10 Å². The smallest absolute Gasteiger partial charge is 0.336 e. The summed E-state index contributed by atoms with van der Waals surface area (Å²) in [5.74, 6) is -0.613. The second-order valence-corrected chi connectivity index (χ2v) is 2.50. The summed E-state index contributed by atoms with van der Waals surface area (Å²) in [6.45, 7) is 2.10. The standard InChI is InChI=1S/C8H12N2O3/c1-2-13-8(12)7(11)6-10-5-3-4-9-10/h3-5,7,11H,2,6H2,1H3. The first-order chi connectivity index (χ1) is 6.24. The van der Waals surface area contributed by atoms with Crippen LogP contribution in [0, 0.1) is 0 Å². The highest BCUT2D eigenvalue weighted by atomic mass is 16.5. The largest absolute Gasteiger partial charge is 0.464 e. The lowest BCUT2D eigenvalue weighted by Gasteiger charge is -2.08. The molecule has 5 nitrogen and oxygen atoms in total. The van der Waals surface area contributed by atoms with Crippen molar-refractivity contribution in [2.24, 2.45) is 0 Å². The Labute approximate surface area is 75.9 Å². The van der Waals surface area contributed by atoms with Crippen LogP contribution in [0.15, 0.2) is 18.5 Å². The summed E-state index contributed by atoms with van der Waals surface area (Å²) in [6.07, 6.45) is 2.11. The minimum absolute atomic E-state index is 0.131. The fraction of sp³-hybridized carbons (Fsp3) is 0.500. The van der Waals surface area contributed by atoms with Crippen LogP contribution in [0.25, 0.3) is 0 Å². The maximum atomic E-state index is 11.0. The van der Waals surface area contributed by atoms with Crippen molar-refractivity contribution in [3.05, 3.63) is 18.5 Å². The number of aliphatic hydroxyl groups excluding tert-OH is 1. The Morgan fingerprint density at radius 3 is 3.08 bits per heavy atom. The number of ether oxygens (including phenoxy) is 1. The molecule has 0 aliphatic heterocycles. The molecule has 1 aromatic heterocycles. The molecule has 0 saturated heterocycles. The van der Waals surface area contributed by atoms with Crippen molar-refractivity contribution in [3.8, 4) is 0 Å². The molecule has 72 valence electrons. The van der Waals surface area contributed by atoms with E-state index in [9.17, 15) is 9.90 Å². The van der Waals surface area contributed by atoms with Gasteiger partial charge in [-0.15, -0.1) is 0 Å². The Morgan fingerprint density at radius 2 is 2.54 bits per heavy atom. The quantitative estimate of drug-likeness (QED) is 0.658. The first kappa shape index (κ1) is 9.73. The molecule has 0 aromatic carbocycles. The van der Waals surface area contributed by atoms with Gasteiger partial charge in [-0.2, -0.15) is 5.10 Å². The van der Waals surface area contributed by atoms with E-state index in [1.165, 1.54) is 4.68 Å². The normalized spacial score (nSPS) is 12.5. The number of carbonyl (C=O) groups excluding carboxylic acids is 1. The van der Waals surface area contributed by atoms with E-state index < -0.39 is 12.1 Å². The first-order valence-electron chi connectivity index (χ1n) is 4.06. The minimum atomic E-state index is -1.14. The van der Waals surface area contributed by atoms with Crippen molar-refractivity contribution in [3.63, 3.8) is 0 Å². The van der Waals surface area contributed by atoms with E-state index >= 15 is 0 Å².